The van der Waals surface area contributed by atoms with Crippen molar-refractivity contribution in [1.82, 2.24) is 10.2 Å². The molecule has 0 saturated heterocycles. The summed E-state index contributed by atoms with van der Waals surface area (Å²) in [6.45, 7) is 7.27. The van der Waals surface area contributed by atoms with E-state index in [0.717, 1.165) is 38.2 Å². The minimum atomic E-state index is -1.21. The molecule has 3 atom stereocenters. The molecule has 6 nitrogen and oxygen atoms in total. The number of hydrogen-bond donors (Lipinski definition) is 3. The Hall–Kier alpha value is -2.84. The summed E-state index contributed by atoms with van der Waals surface area (Å²) < 4.78 is 27.6. The molecule has 210 valence electrons. The lowest BCUT2D eigenvalue weighted by atomic mass is 9.89. The van der Waals surface area contributed by atoms with E-state index in [1.54, 1.807) is 29.2 Å². The molecule has 2 amide bonds. The van der Waals surface area contributed by atoms with Crippen LogP contribution in [-0.2, 0) is 6.42 Å². The van der Waals surface area contributed by atoms with Crippen molar-refractivity contribution in [2.45, 2.75) is 77.9 Å². The third kappa shape index (κ3) is 9.80. The first-order valence-electron chi connectivity index (χ1n) is 13.7. The maximum Gasteiger partial charge on any atom is 0.253 e. The Balaban J connectivity index is 2.17. The summed E-state index contributed by atoms with van der Waals surface area (Å²) in [5.74, 6) is -2.74. The molecule has 0 aromatic heterocycles. The van der Waals surface area contributed by atoms with E-state index in [0.29, 0.717) is 30.6 Å². The van der Waals surface area contributed by atoms with E-state index in [4.69, 9.17) is 0 Å². The summed E-state index contributed by atoms with van der Waals surface area (Å²) in [4.78, 5) is 27.7. The first-order chi connectivity index (χ1) is 18.2. The largest absolute Gasteiger partial charge is 0.390 e. The minimum absolute atomic E-state index is 0.0288. The van der Waals surface area contributed by atoms with Gasteiger partial charge < -0.3 is 20.4 Å². The van der Waals surface area contributed by atoms with E-state index in [-0.39, 0.29) is 24.4 Å². The summed E-state index contributed by atoms with van der Waals surface area (Å²) in [6.07, 6.45) is 2.45. The van der Waals surface area contributed by atoms with Crippen LogP contribution in [0.25, 0.3) is 0 Å². The second-order valence-electron chi connectivity index (χ2n) is 9.88. The van der Waals surface area contributed by atoms with Crippen LogP contribution in [0, 0.1) is 17.6 Å². The Bertz CT molecular complexity index is 1010. The first-order valence-corrected chi connectivity index (χ1v) is 13.7. The maximum atomic E-state index is 13.8. The van der Waals surface area contributed by atoms with Crippen molar-refractivity contribution < 1.29 is 28.6 Å². The fourth-order valence-corrected chi connectivity index (χ4v) is 4.59. The quantitative estimate of drug-likeness (QED) is 0.262. The zero-order valence-electron chi connectivity index (χ0n) is 22.8. The predicted octanol–water partition coefficient (Wildman–Crippen LogP) is 5.12. The summed E-state index contributed by atoms with van der Waals surface area (Å²) in [7, 11) is 0. The Labute approximate surface area is 225 Å². The number of hydrogen-bond acceptors (Lipinski definition) is 4. The van der Waals surface area contributed by atoms with Crippen LogP contribution in [0.1, 0.15) is 85.6 Å². The van der Waals surface area contributed by atoms with Gasteiger partial charge in [-0.2, -0.15) is 0 Å². The molecule has 0 aliphatic heterocycles. The van der Waals surface area contributed by atoms with Crippen LogP contribution >= 0.6 is 0 Å². The van der Waals surface area contributed by atoms with Crippen LogP contribution < -0.4 is 5.32 Å². The lowest BCUT2D eigenvalue weighted by Crippen LogP contribution is -2.42. The molecule has 38 heavy (non-hydrogen) atoms. The van der Waals surface area contributed by atoms with E-state index in [1.165, 1.54) is 12.1 Å². The Kier molecular flexibility index (Phi) is 13.4. The molecule has 2 aromatic rings. The molecule has 0 saturated carbocycles. The van der Waals surface area contributed by atoms with Gasteiger partial charge in [-0.15, -0.1) is 0 Å². The van der Waals surface area contributed by atoms with E-state index in [2.05, 4.69) is 5.32 Å². The zero-order valence-corrected chi connectivity index (χ0v) is 22.8. The topological polar surface area (TPSA) is 89.9 Å². The molecule has 3 unspecified atom stereocenters. The van der Waals surface area contributed by atoms with Crippen molar-refractivity contribution in [2.75, 3.05) is 19.6 Å². The van der Waals surface area contributed by atoms with Gasteiger partial charge in [-0.1, -0.05) is 46.1 Å². The van der Waals surface area contributed by atoms with Crippen LogP contribution in [0.4, 0.5) is 8.78 Å². The average Bonchev–Trinajstić information content (AvgIpc) is 2.89. The molecule has 0 heterocycles. The fourth-order valence-electron chi connectivity index (χ4n) is 4.59. The van der Waals surface area contributed by atoms with Crippen LogP contribution in [0.2, 0.25) is 0 Å². The first kappa shape index (κ1) is 31.4. The monoisotopic (exact) mass is 532 g/mol. The molecular weight excluding hydrogens is 490 g/mol. The Morgan fingerprint density at radius 3 is 2.13 bits per heavy atom. The van der Waals surface area contributed by atoms with Gasteiger partial charge in [0.2, 0.25) is 0 Å². The van der Waals surface area contributed by atoms with Crippen LogP contribution in [-0.4, -0.2) is 58.8 Å². The number of halogens is 2. The smallest absolute Gasteiger partial charge is 0.253 e. The van der Waals surface area contributed by atoms with Crippen molar-refractivity contribution in [3.63, 3.8) is 0 Å². The number of carbonyl (C=O) groups is 2. The predicted molar refractivity (Wildman–Crippen MR) is 145 cm³/mol. The molecule has 0 bridgehead atoms. The number of carbonyl (C=O) groups excluding carboxylic acids is 2. The van der Waals surface area contributed by atoms with E-state index < -0.39 is 35.7 Å². The van der Waals surface area contributed by atoms with Crippen LogP contribution in [0.3, 0.4) is 0 Å². The highest BCUT2D eigenvalue weighted by molar-refractivity contribution is 5.99. The lowest BCUT2D eigenvalue weighted by Gasteiger charge is -2.27. The van der Waals surface area contributed by atoms with E-state index in [9.17, 15) is 28.6 Å². The van der Waals surface area contributed by atoms with Crippen LogP contribution in [0.5, 0.6) is 0 Å². The van der Waals surface area contributed by atoms with Gasteiger partial charge in [0.15, 0.2) is 0 Å². The average molecular weight is 533 g/mol. The van der Waals surface area contributed by atoms with Gasteiger partial charge >= 0.3 is 0 Å². The molecule has 2 aromatic carbocycles. The third-order valence-electron chi connectivity index (χ3n) is 6.57. The normalized spacial score (nSPS) is 13.6. The summed E-state index contributed by atoms with van der Waals surface area (Å²) in [5.41, 5.74) is 1.02. The second-order valence-corrected chi connectivity index (χ2v) is 9.88. The number of amides is 2. The van der Waals surface area contributed by atoms with Gasteiger partial charge in [0, 0.05) is 42.7 Å². The molecule has 0 aliphatic rings. The maximum absolute atomic E-state index is 13.8. The highest BCUT2D eigenvalue weighted by Gasteiger charge is 2.27. The van der Waals surface area contributed by atoms with Crippen molar-refractivity contribution >= 4 is 11.8 Å². The summed E-state index contributed by atoms with van der Waals surface area (Å²) >= 11 is 0. The number of unbranched alkanes of at least 4 members (excludes halogenated alkanes) is 2. The number of rotatable bonds is 16. The van der Waals surface area contributed by atoms with Crippen molar-refractivity contribution in [2.24, 2.45) is 5.92 Å². The SMILES string of the molecule is CCCCCC(O)C(O)C(CNC(=O)c1cccc(C(=O)N(CCC)CCC)c1)Cc1cc(F)cc(F)c1. The number of aliphatic hydroxyl groups is 2. The minimum Gasteiger partial charge on any atom is -0.390 e. The zero-order chi connectivity index (χ0) is 28.1. The van der Waals surface area contributed by atoms with Gasteiger partial charge in [0.05, 0.1) is 12.2 Å². The summed E-state index contributed by atoms with van der Waals surface area (Å²) in [5, 5.41) is 24.2. The van der Waals surface area contributed by atoms with Crippen molar-refractivity contribution in [3.05, 3.63) is 70.8 Å². The Morgan fingerprint density at radius 1 is 0.895 bits per heavy atom. The number of nitrogens with zero attached hydrogens (tertiary/aromatic N) is 1. The molecule has 2 rings (SSSR count). The van der Waals surface area contributed by atoms with E-state index in [1.807, 2.05) is 20.8 Å². The summed E-state index contributed by atoms with van der Waals surface area (Å²) in [6, 6.07) is 9.61. The lowest BCUT2D eigenvalue weighted by molar-refractivity contribution is -0.0216. The van der Waals surface area contributed by atoms with E-state index >= 15 is 0 Å². The molecule has 0 radical (unpaired) electrons. The van der Waals surface area contributed by atoms with Gasteiger partial charge in [0.25, 0.3) is 11.8 Å². The molecule has 0 spiro atoms. The number of nitrogens with one attached hydrogen (secondary N) is 1. The molecule has 0 fully saturated rings. The highest BCUT2D eigenvalue weighted by atomic mass is 19.1. The second kappa shape index (κ2) is 16.2. The molecule has 0 aliphatic carbocycles. The van der Waals surface area contributed by atoms with Crippen LogP contribution in [0.15, 0.2) is 42.5 Å². The standard InChI is InChI=1S/C30H42F2N2O4/c1-4-7-8-12-27(35)28(36)24(15-21-16-25(31)19-26(32)17-21)20-33-29(37)22-10-9-11-23(18-22)30(38)34(13-5-2)14-6-3/h9-11,16-19,24,27-28,35-36H,4-8,12-15,20H2,1-3H3,(H,33,37). The Morgan fingerprint density at radius 2 is 1.53 bits per heavy atom. The number of benzene rings is 2. The van der Waals surface area contributed by atoms with Crippen molar-refractivity contribution in [1.29, 1.82) is 0 Å². The van der Waals surface area contributed by atoms with Gasteiger partial charge in [-0.25, -0.2) is 8.78 Å². The molecular formula is C30H42F2N2O4. The van der Waals surface area contributed by atoms with Crippen molar-refractivity contribution in [3.8, 4) is 0 Å². The van der Waals surface area contributed by atoms with Gasteiger partial charge in [-0.05, 0) is 61.6 Å². The third-order valence-corrected chi connectivity index (χ3v) is 6.57. The number of aliphatic hydroxyl groups excluding tert-OH is 2. The molecule has 3 N–H and O–H groups in total. The van der Waals surface area contributed by atoms with Gasteiger partial charge in [0.1, 0.15) is 11.6 Å². The fraction of sp³-hybridized carbons (Fsp3) is 0.533. The van der Waals surface area contributed by atoms with Gasteiger partial charge in [-0.3, -0.25) is 9.59 Å². The molecule has 8 heteroatoms. The highest BCUT2D eigenvalue weighted by Crippen LogP contribution is 2.20.